The van der Waals surface area contributed by atoms with Gasteiger partial charge in [0.05, 0.1) is 19.2 Å². The molecule has 2 N–H and O–H groups in total. The van der Waals surface area contributed by atoms with Crippen molar-refractivity contribution in [2.24, 2.45) is 13.0 Å². The fourth-order valence-corrected chi connectivity index (χ4v) is 2.49. The lowest BCUT2D eigenvalue weighted by Gasteiger charge is -2.19. The van der Waals surface area contributed by atoms with Gasteiger partial charge in [0.2, 0.25) is 5.91 Å². The van der Waals surface area contributed by atoms with Crippen molar-refractivity contribution in [1.82, 2.24) is 20.4 Å². The highest BCUT2D eigenvalue weighted by atomic mass is 35.5. The van der Waals surface area contributed by atoms with E-state index in [1.165, 1.54) is 7.11 Å². The number of rotatable bonds is 4. The van der Waals surface area contributed by atoms with Gasteiger partial charge in [-0.15, -0.1) is 12.4 Å². The second-order valence-electron chi connectivity index (χ2n) is 5.07. The lowest BCUT2D eigenvalue weighted by molar-refractivity contribution is -0.145. The Morgan fingerprint density at radius 3 is 2.81 bits per heavy atom. The topological polar surface area (TPSA) is 85.2 Å². The minimum atomic E-state index is -0.636. The zero-order valence-corrected chi connectivity index (χ0v) is 13.1. The number of halogens is 1. The summed E-state index contributed by atoms with van der Waals surface area (Å²) in [5, 5.41) is 10.1. The van der Waals surface area contributed by atoms with Crippen LogP contribution in [-0.4, -0.2) is 47.9 Å². The molecule has 3 atom stereocenters. The molecule has 0 saturated carbocycles. The van der Waals surface area contributed by atoms with Crippen molar-refractivity contribution in [1.29, 1.82) is 0 Å². The van der Waals surface area contributed by atoms with E-state index in [0.29, 0.717) is 6.54 Å². The smallest absolute Gasteiger partial charge is 0.328 e. The number of methoxy groups -OCH3 is 1. The molecular weight excluding hydrogens is 296 g/mol. The summed E-state index contributed by atoms with van der Waals surface area (Å²) >= 11 is 0. The second kappa shape index (κ2) is 7.42. The first-order valence-electron chi connectivity index (χ1n) is 6.60. The average molecular weight is 317 g/mol. The van der Waals surface area contributed by atoms with Crippen molar-refractivity contribution >= 4 is 24.3 Å². The minimum Gasteiger partial charge on any atom is -0.467 e. The van der Waals surface area contributed by atoms with Gasteiger partial charge in [-0.05, 0) is 12.5 Å². The Balaban J connectivity index is 0.00000220. The highest BCUT2D eigenvalue weighted by Gasteiger charge is 2.35. The predicted octanol–water partition coefficient (Wildman–Crippen LogP) is -0.177. The largest absolute Gasteiger partial charge is 0.467 e. The number of carbonyl (C=O) groups excluding carboxylic acids is 2. The van der Waals surface area contributed by atoms with Gasteiger partial charge in [-0.25, -0.2) is 4.79 Å². The van der Waals surface area contributed by atoms with Gasteiger partial charge in [0.15, 0.2) is 0 Å². The summed E-state index contributed by atoms with van der Waals surface area (Å²) < 4.78 is 6.33. The number of nitrogens with zero attached hydrogens (tertiary/aromatic N) is 2. The van der Waals surface area contributed by atoms with Gasteiger partial charge in [0, 0.05) is 32.3 Å². The molecule has 118 valence electrons. The van der Waals surface area contributed by atoms with E-state index in [4.69, 9.17) is 0 Å². The van der Waals surface area contributed by atoms with Crippen LogP contribution in [-0.2, 0) is 21.4 Å². The number of hydrogen-bond donors (Lipinski definition) is 2. The summed E-state index contributed by atoms with van der Waals surface area (Å²) in [6.07, 6.45) is 3.70. The molecule has 0 aromatic carbocycles. The maximum atomic E-state index is 12.3. The molecule has 1 aromatic rings. The van der Waals surface area contributed by atoms with Gasteiger partial charge in [0.1, 0.15) is 6.04 Å². The van der Waals surface area contributed by atoms with Gasteiger partial charge in [-0.1, -0.05) is 0 Å². The van der Waals surface area contributed by atoms with Crippen LogP contribution in [0.5, 0.6) is 0 Å². The lowest BCUT2D eigenvalue weighted by Crippen LogP contribution is -2.43. The zero-order chi connectivity index (χ0) is 14.7. The third-order valence-corrected chi connectivity index (χ3v) is 3.62. The first kappa shape index (κ1) is 17.5. The van der Waals surface area contributed by atoms with Crippen molar-refractivity contribution in [3.05, 3.63) is 18.0 Å². The van der Waals surface area contributed by atoms with Gasteiger partial charge < -0.3 is 15.4 Å². The van der Waals surface area contributed by atoms with Gasteiger partial charge >= 0.3 is 5.97 Å². The van der Waals surface area contributed by atoms with Crippen molar-refractivity contribution in [2.45, 2.75) is 18.9 Å². The number of aromatic nitrogens is 2. The summed E-state index contributed by atoms with van der Waals surface area (Å²) in [4.78, 5) is 23.6. The molecule has 1 aliphatic rings. The monoisotopic (exact) mass is 316 g/mol. The third-order valence-electron chi connectivity index (χ3n) is 3.62. The van der Waals surface area contributed by atoms with Crippen LogP contribution in [0.2, 0.25) is 0 Å². The Morgan fingerprint density at radius 1 is 1.52 bits per heavy atom. The van der Waals surface area contributed by atoms with Crippen molar-refractivity contribution in [3.8, 4) is 0 Å². The highest BCUT2D eigenvalue weighted by Crippen LogP contribution is 2.27. The Morgan fingerprint density at radius 2 is 2.24 bits per heavy atom. The average Bonchev–Trinajstić information content (AvgIpc) is 3.05. The molecule has 1 aromatic heterocycles. The number of amides is 1. The number of carbonyl (C=O) groups is 2. The maximum absolute atomic E-state index is 12.3. The number of aryl methyl sites for hydroxylation is 1. The van der Waals surface area contributed by atoms with E-state index < -0.39 is 12.0 Å². The molecule has 8 heteroatoms. The molecule has 0 unspecified atom stereocenters. The van der Waals surface area contributed by atoms with Crippen molar-refractivity contribution in [3.63, 3.8) is 0 Å². The molecule has 21 heavy (non-hydrogen) atoms. The molecule has 1 aliphatic heterocycles. The van der Waals surface area contributed by atoms with E-state index in [2.05, 4.69) is 20.5 Å². The molecule has 1 saturated heterocycles. The van der Waals surface area contributed by atoms with Crippen LogP contribution < -0.4 is 10.6 Å². The molecule has 0 spiro atoms. The van der Waals surface area contributed by atoms with E-state index in [-0.39, 0.29) is 30.2 Å². The number of hydrogen-bond acceptors (Lipinski definition) is 5. The van der Waals surface area contributed by atoms with E-state index in [1.54, 1.807) is 17.8 Å². The highest BCUT2D eigenvalue weighted by molar-refractivity contribution is 5.86. The summed E-state index contributed by atoms with van der Waals surface area (Å²) in [6, 6.07) is -0.636. The maximum Gasteiger partial charge on any atom is 0.328 e. The third kappa shape index (κ3) is 3.95. The number of esters is 1. The van der Waals surface area contributed by atoms with E-state index >= 15 is 0 Å². The van der Waals surface area contributed by atoms with Gasteiger partial charge in [-0.2, -0.15) is 5.10 Å². The molecule has 0 bridgehead atoms. The first-order valence-corrected chi connectivity index (χ1v) is 6.60. The Hall–Kier alpha value is -1.60. The first-order chi connectivity index (χ1) is 9.52. The fraction of sp³-hybridized carbons (Fsp3) is 0.615. The summed E-state index contributed by atoms with van der Waals surface area (Å²) in [5.41, 5.74) is 1.03. The minimum absolute atomic E-state index is 0. The van der Waals surface area contributed by atoms with Crippen LogP contribution in [0.15, 0.2) is 12.4 Å². The molecule has 1 fully saturated rings. The Labute approximate surface area is 129 Å². The summed E-state index contributed by atoms with van der Waals surface area (Å²) in [6.45, 7) is 2.95. The predicted molar refractivity (Wildman–Crippen MR) is 79.2 cm³/mol. The summed E-state index contributed by atoms with van der Waals surface area (Å²) in [7, 11) is 3.15. The molecule has 0 radical (unpaired) electrons. The van der Waals surface area contributed by atoms with Crippen LogP contribution in [0.4, 0.5) is 0 Å². The van der Waals surface area contributed by atoms with Gasteiger partial charge in [0.25, 0.3) is 0 Å². The van der Waals surface area contributed by atoms with Gasteiger partial charge in [-0.3, -0.25) is 9.48 Å². The van der Waals surface area contributed by atoms with Crippen molar-refractivity contribution in [2.75, 3.05) is 20.2 Å². The SMILES string of the molecule is COC(=O)[C@H](C)NC(=O)[C@H]1CNC[C@@H]1c1cnn(C)c1.Cl. The van der Waals surface area contributed by atoms with Crippen LogP contribution in [0.3, 0.4) is 0 Å². The Bertz CT molecular complexity index is 505. The molecular formula is C13H21ClN4O3. The normalized spacial score (nSPS) is 22.2. The summed E-state index contributed by atoms with van der Waals surface area (Å²) in [5.74, 6) is -0.705. The number of ether oxygens (including phenoxy) is 1. The van der Waals surface area contributed by atoms with Crippen LogP contribution >= 0.6 is 12.4 Å². The van der Waals surface area contributed by atoms with E-state index in [1.807, 2.05) is 13.2 Å². The quantitative estimate of drug-likeness (QED) is 0.753. The number of nitrogens with one attached hydrogen (secondary N) is 2. The second-order valence-corrected chi connectivity index (χ2v) is 5.07. The zero-order valence-electron chi connectivity index (χ0n) is 12.3. The molecule has 7 nitrogen and oxygen atoms in total. The lowest BCUT2D eigenvalue weighted by atomic mass is 9.90. The fourth-order valence-electron chi connectivity index (χ4n) is 2.49. The molecule has 2 heterocycles. The van der Waals surface area contributed by atoms with Crippen molar-refractivity contribution < 1.29 is 14.3 Å². The molecule has 1 amide bonds. The van der Waals surface area contributed by atoms with Crippen LogP contribution in [0.25, 0.3) is 0 Å². The van der Waals surface area contributed by atoms with Crippen LogP contribution in [0, 0.1) is 5.92 Å². The Kier molecular flexibility index (Phi) is 6.17. The van der Waals surface area contributed by atoms with E-state index in [0.717, 1.165) is 12.1 Å². The van der Waals surface area contributed by atoms with Crippen LogP contribution in [0.1, 0.15) is 18.4 Å². The van der Waals surface area contributed by atoms with E-state index in [9.17, 15) is 9.59 Å². The standard InChI is InChI=1S/C13H20N4O3.ClH/c1-8(13(19)20-3)16-12(18)11-6-14-5-10(11)9-4-15-17(2)7-9;/h4,7-8,10-11,14H,5-6H2,1-3H3,(H,16,18);1H/t8-,10+,11-;/m0./s1. The molecule has 0 aliphatic carbocycles. The molecule has 2 rings (SSSR count).